The van der Waals surface area contributed by atoms with Crippen molar-refractivity contribution in [2.24, 2.45) is 0 Å². The quantitative estimate of drug-likeness (QED) is 0.822. The van der Waals surface area contributed by atoms with Gasteiger partial charge < -0.3 is 5.73 Å². The Hall–Kier alpha value is -1.16. The molecule has 16 heavy (non-hydrogen) atoms. The molecule has 1 aliphatic carbocycles. The van der Waals surface area contributed by atoms with Crippen molar-refractivity contribution in [1.82, 2.24) is 14.9 Å². The number of aromatic nitrogens is 2. The third-order valence-corrected chi connectivity index (χ3v) is 3.64. The molecule has 0 spiro atoms. The van der Waals surface area contributed by atoms with Gasteiger partial charge in [0.05, 0.1) is 11.7 Å². The van der Waals surface area contributed by atoms with Crippen LogP contribution in [0.5, 0.6) is 0 Å². The molecule has 0 amide bonds. The molecule has 2 heterocycles. The topological polar surface area (TPSA) is 55.0 Å². The van der Waals surface area contributed by atoms with Crippen LogP contribution in [0.1, 0.15) is 49.3 Å². The van der Waals surface area contributed by atoms with Gasteiger partial charge in [-0.2, -0.15) is 0 Å². The number of nitrogens with zero attached hydrogens (tertiary/aromatic N) is 3. The van der Waals surface area contributed by atoms with E-state index in [2.05, 4.69) is 21.8 Å². The fourth-order valence-corrected chi connectivity index (χ4v) is 2.74. The minimum atomic E-state index is 0.464. The predicted octanol–water partition coefficient (Wildman–Crippen LogP) is 1.80. The number of anilines is 1. The third kappa shape index (κ3) is 1.40. The predicted molar refractivity (Wildman–Crippen MR) is 62.8 cm³/mol. The summed E-state index contributed by atoms with van der Waals surface area (Å²) in [7, 11) is 0. The molecular weight excluding hydrogens is 200 g/mol. The molecule has 0 radical (unpaired) electrons. The first-order valence-electron chi connectivity index (χ1n) is 6.09. The Balaban J connectivity index is 2.03. The summed E-state index contributed by atoms with van der Waals surface area (Å²) in [6.07, 6.45) is 3.77. The smallest absolute Gasteiger partial charge is 0.131 e. The zero-order valence-corrected chi connectivity index (χ0v) is 9.90. The van der Waals surface area contributed by atoms with Gasteiger partial charge in [0, 0.05) is 18.2 Å². The van der Waals surface area contributed by atoms with Crippen LogP contribution < -0.4 is 5.73 Å². The molecule has 1 fully saturated rings. The Morgan fingerprint density at radius 1 is 1.38 bits per heavy atom. The lowest BCUT2D eigenvalue weighted by molar-refractivity contribution is 0.197. The first kappa shape index (κ1) is 10.0. The van der Waals surface area contributed by atoms with E-state index in [-0.39, 0.29) is 0 Å². The molecule has 3 rings (SSSR count). The first-order chi connectivity index (χ1) is 7.70. The minimum absolute atomic E-state index is 0.464. The van der Waals surface area contributed by atoms with Crippen molar-refractivity contribution in [3.05, 3.63) is 17.1 Å². The highest BCUT2D eigenvalue weighted by Crippen LogP contribution is 2.43. The summed E-state index contributed by atoms with van der Waals surface area (Å²) in [4.78, 5) is 11.4. The van der Waals surface area contributed by atoms with Gasteiger partial charge in [0.2, 0.25) is 0 Å². The monoisotopic (exact) mass is 218 g/mol. The number of rotatable bonds is 2. The van der Waals surface area contributed by atoms with Gasteiger partial charge in [-0.1, -0.05) is 6.92 Å². The van der Waals surface area contributed by atoms with Crippen LogP contribution >= 0.6 is 0 Å². The van der Waals surface area contributed by atoms with Crippen LogP contribution in [0.3, 0.4) is 0 Å². The van der Waals surface area contributed by atoms with Crippen LogP contribution in [0.25, 0.3) is 0 Å². The molecule has 86 valence electrons. The van der Waals surface area contributed by atoms with E-state index in [0.717, 1.165) is 24.8 Å². The fraction of sp³-hybridized carbons (Fsp3) is 0.667. The SMILES string of the molecule is CCC1c2nc(C)nc(N)c2CN1C1CC1. The maximum atomic E-state index is 5.99. The van der Waals surface area contributed by atoms with Gasteiger partial charge in [0.25, 0.3) is 0 Å². The first-order valence-corrected chi connectivity index (χ1v) is 6.09. The van der Waals surface area contributed by atoms with Crippen LogP contribution in [0.4, 0.5) is 5.82 Å². The average Bonchev–Trinajstić information content (AvgIpc) is 3.00. The van der Waals surface area contributed by atoms with Gasteiger partial charge in [-0.15, -0.1) is 0 Å². The maximum Gasteiger partial charge on any atom is 0.131 e. The lowest BCUT2D eigenvalue weighted by Crippen LogP contribution is -2.24. The van der Waals surface area contributed by atoms with E-state index < -0.39 is 0 Å². The summed E-state index contributed by atoms with van der Waals surface area (Å²) in [6.45, 7) is 5.09. The Morgan fingerprint density at radius 3 is 2.75 bits per heavy atom. The van der Waals surface area contributed by atoms with E-state index in [9.17, 15) is 0 Å². The molecule has 1 saturated carbocycles. The van der Waals surface area contributed by atoms with Crippen LogP contribution in [0.2, 0.25) is 0 Å². The number of aryl methyl sites for hydroxylation is 1. The Bertz CT molecular complexity index is 425. The summed E-state index contributed by atoms with van der Waals surface area (Å²) in [5.74, 6) is 1.48. The summed E-state index contributed by atoms with van der Waals surface area (Å²) in [5.41, 5.74) is 8.35. The molecule has 1 atom stereocenters. The zero-order chi connectivity index (χ0) is 11.3. The molecule has 2 N–H and O–H groups in total. The molecule has 4 heteroatoms. The average molecular weight is 218 g/mol. The van der Waals surface area contributed by atoms with Crippen LogP contribution in [0, 0.1) is 6.92 Å². The number of nitrogen functional groups attached to an aromatic ring is 1. The van der Waals surface area contributed by atoms with Gasteiger partial charge in [-0.25, -0.2) is 9.97 Å². The molecule has 0 aromatic carbocycles. The van der Waals surface area contributed by atoms with E-state index in [0.29, 0.717) is 11.9 Å². The van der Waals surface area contributed by atoms with Crippen molar-refractivity contribution >= 4 is 5.82 Å². The minimum Gasteiger partial charge on any atom is -0.383 e. The summed E-state index contributed by atoms with van der Waals surface area (Å²) in [5, 5.41) is 0. The highest BCUT2D eigenvalue weighted by molar-refractivity contribution is 5.46. The van der Waals surface area contributed by atoms with Gasteiger partial charge in [0.1, 0.15) is 11.6 Å². The molecule has 1 aromatic rings. The highest BCUT2D eigenvalue weighted by Gasteiger charge is 2.40. The standard InChI is InChI=1S/C12H18N4/c1-3-10-11-9(6-16(10)8-4-5-8)12(13)15-7(2)14-11/h8,10H,3-6H2,1-2H3,(H2,13,14,15). The number of fused-ring (bicyclic) bond motifs is 1. The Labute approximate surface area is 95.9 Å². The van der Waals surface area contributed by atoms with Gasteiger partial charge >= 0.3 is 0 Å². The van der Waals surface area contributed by atoms with E-state index >= 15 is 0 Å². The van der Waals surface area contributed by atoms with Crippen molar-refractivity contribution in [2.75, 3.05) is 5.73 Å². The van der Waals surface area contributed by atoms with Gasteiger partial charge in [0.15, 0.2) is 0 Å². The van der Waals surface area contributed by atoms with Crippen LogP contribution in [-0.2, 0) is 6.54 Å². The van der Waals surface area contributed by atoms with Gasteiger partial charge in [-0.05, 0) is 26.2 Å². The van der Waals surface area contributed by atoms with E-state index in [1.165, 1.54) is 24.1 Å². The maximum absolute atomic E-state index is 5.99. The summed E-state index contributed by atoms with van der Waals surface area (Å²) >= 11 is 0. The van der Waals surface area contributed by atoms with Crippen LogP contribution in [0.15, 0.2) is 0 Å². The third-order valence-electron chi connectivity index (χ3n) is 3.64. The van der Waals surface area contributed by atoms with Crippen molar-refractivity contribution in [2.45, 2.75) is 51.7 Å². The molecule has 2 aliphatic rings. The molecular formula is C12H18N4. The molecule has 1 aliphatic heterocycles. The van der Waals surface area contributed by atoms with Gasteiger partial charge in [-0.3, -0.25) is 4.90 Å². The number of hydrogen-bond donors (Lipinski definition) is 1. The van der Waals surface area contributed by atoms with Crippen molar-refractivity contribution in [3.8, 4) is 0 Å². The zero-order valence-electron chi connectivity index (χ0n) is 9.90. The van der Waals surface area contributed by atoms with Crippen LogP contribution in [-0.4, -0.2) is 20.9 Å². The normalized spacial score (nSPS) is 24.8. The Kier molecular flexibility index (Phi) is 2.14. The second kappa shape index (κ2) is 3.42. The molecule has 1 unspecified atom stereocenters. The fourth-order valence-electron chi connectivity index (χ4n) is 2.74. The van der Waals surface area contributed by atoms with Crippen molar-refractivity contribution < 1.29 is 0 Å². The molecule has 0 bridgehead atoms. The highest BCUT2D eigenvalue weighted by atomic mass is 15.2. The molecule has 0 saturated heterocycles. The summed E-state index contributed by atoms with van der Waals surface area (Å²) in [6, 6.07) is 1.23. The van der Waals surface area contributed by atoms with E-state index in [1.54, 1.807) is 0 Å². The lowest BCUT2D eigenvalue weighted by atomic mass is 10.1. The van der Waals surface area contributed by atoms with Crippen molar-refractivity contribution in [1.29, 1.82) is 0 Å². The number of hydrogen-bond acceptors (Lipinski definition) is 4. The second-order valence-corrected chi connectivity index (χ2v) is 4.85. The largest absolute Gasteiger partial charge is 0.383 e. The molecule has 1 aromatic heterocycles. The number of nitrogens with two attached hydrogens (primary N) is 1. The molecule has 4 nitrogen and oxygen atoms in total. The summed E-state index contributed by atoms with van der Waals surface area (Å²) < 4.78 is 0. The van der Waals surface area contributed by atoms with E-state index in [1.807, 2.05) is 6.92 Å². The Morgan fingerprint density at radius 2 is 2.12 bits per heavy atom. The lowest BCUT2D eigenvalue weighted by Gasteiger charge is -2.22. The van der Waals surface area contributed by atoms with Crippen molar-refractivity contribution in [3.63, 3.8) is 0 Å². The van der Waals surface area contributed by atoms with E-state index in [4.69, 9.17) is 5.73 Å². The second-order valence-electron chi connectivity index (χ2n) is 4.85.